The molecule has 4 rings (SSSR count). The molecule has 2 heterocycles. The summed E-state index contributed by atoms with van der Waals surface area (Å²) in [5.41, 5.74) is 3.49. The van der Waals surface area contributed by atoms with Gasteiger partial charge in [0.05, 0.1) is 32.8 Å². The van der Waals surface area contributed by atoms with Gasteiger partial charge < -0.3 is 24.2 Å². The third-order valence-electron chi connectivity index (χ3n) is 7.28. The summed E-state index contributed by atoms with van der Waals surface area (Å²) in [6, 6.07) is 15.7. The molecular weight excluding hydrogens is 558 g/mol. The molecule has 39 heavy (non-hydrogen) atoms. The zero-order valence-electron chi connectivity index (χ0n) is 23.6. The van der Waals surface area contributed by atoms with Gasteiger partial charge in [0.1, 0.15) is 5.60 Å². The highest BCUT2D eigenvalue weighted by Crippen LogP contribution is 2.51. The minimum Gasteiger partial charge on any atom is -0.493 e. The molecule has 8 heteroatoms. The van der Waals surface area contributed by atoms with E-state index in [9.17, 15) is 5.11 Å². The Morgan fingerprint density at radius 1 is 0.974 bits per heavy atom. The number of methoxy groups -OCH3 is 3. The van der Waals surface area contributed by atoms with Crippen LogP contribution in [-0.4, -0.2) is 61.9 Å². The maximum absolute atomic E-state index is 13.0. The van der Waals surface area contributed by atoms with Gasteiger partial charge in [0.2, 0.25) is 5.88 Å². The van der Waals surface area contributed by atoms with Crippen molar-refractivity contribution in [3.05, 3.63) is 87.1 Å². The van der Waals surface area contributed by atoms with Crippen LogP contribution in [-0.2, 0) is 5.60 Å². The van der Waals surface area contributed by atoms with E-state index in [0.29, 0.717) is 35.9 Å². The van der Waals surface area contributed by atoms with Gasteiger partial charge in [-0.1, -0.05) is 28.1 Å². The van der Waals surface area contributed by atoms with E-state index >= 15 is 0 Å². The number of halogens is 1. The fraction of sp³-hybridized carbons (Fsp3) is 0.355. The summed E-state index contributed by atoms with van der Waals surface area (Å²) in [7, 11) is 8.82. The second-order valence-electron chi connectivity index (χ2n) is 10.0. The Balaban J connectivity index is 2.12. The summed E-state index contributed by atoms with van der Waals surface area (Å²) in [5, 5.41) is 13.9. The highest BCUT2D eigenvalue weighted by Gasteiger charge is 2.44. The summed E-state index contributed by atoms with van der Waals surface area (Å²) >= 11 is 3.59. The number of hydrogen-bond acceptors (Lipinski definition) is 7. The third kappa shape index (κ3) is 5.73. The van der Waals surface area contributed by atoms with Crippen molar-refractivity contribution in [2.24, 2.45) is 0 Å². The standard InChI is InChI=1S/C31H36BrN3O4/c1-19-15-22(18-33-20(19)2)31(36,13-14-35(3)4)28(24-9-8-10-27(37-5)29(24)38-6)25-17-21-16-23(32)11-12-26(21)34-30(25)39-7/h8-12,15-18,28,36H,13-14H2,1-7H3. The summed E-state index contributed by atoms with van der Waals surface area (Å²) < 4.78 is 18.4. The lowest BCUT2D eigenvalue weighted by Crippen LogP contribution is -2.38. The van der Waals surface area contributed by atoms with E-state index in [4.69, 9.17) is 19.2 Å². The smallest absolute Gasteiger partial charge is 0.217 e. The average Bonchev–Trinajstić information content (AvgIpc) is 2.92. The molecule has 2 atom stereocenters. The minimum absolute atomic E-state index is 0.412. The van der Waals surface area contributed by atoms with Crippen LogP contribution in [0.2, 0.25) is 0 Å². The summed E-state index contributed by atoms with van der Waals surface area (Å²) in [6.07, 6.45) is 2.18. The molecule has 0 aliphatic rings. The number of fused-ring (bicyclic) bond motifs is 1. The molecule has 4 aromatic rings. The topological polar surface area (TPSA) is 76.9 Å². The Labute approximate surface area is 238 Å². The minimum atomic E-state index is -1.41. The van der Waals surface area contributed by atoms with Gasteiger partial charge in [-0.15, -0.1) is 0 Å². The van der Waals surface area contributed by atoms with E-state index in [0.717, 1.165) is 37.8 Å². The average molecular weight is 595 g/mol. The molecule has 2 aromatic carbocycles. The Bertz CT molecular complexity index is 1480. The molecule has 206 valence electrons. The lowest BCUT2D eigenvalue weighted by molar-refractivity contribution is 0.00279. The van der Waals surface area contributed by atoms with Crippen molar-refractivity contribution in [3.63, 3.8) is 0 Å². The van der Waals surface area contributed by atoms with Gasteiger partial charge in [0.25, 0.3) is 0 Å². The predicted molar refractivity (Wildman–Crippen MR) is 158 cm³/mol. The van der Waals surface area contributed by atoms with Crippen molar-refractivity contribution in [2.75, 3.05) is 42.0 Å². The van der Waals surface area contributed by atoms with E-state index in [1.807, 2.05) is 76.5 Å². The number of aryl methyl sites for hydroxylation is 2. The molecule has 0 spiro atoms. The molecule has 0 radical (unpaired) electrons. The lowest BCUT2D eigenvalue weighted by Gasteiger charge is -2.39. The van der Waals surface area contributed by atoms with Gasteiger partial charge in [-0.2, -0.15) is 0 Å². The maximum Gasteiger partial charge on any atom is 0.217 e. The number of ether oxygens (including phenoxy) is 3. The van der Waals surface area contributed by atoms with Crippen molar-refractivity contribution < 1.29 is 19.3 Å². The van der Waals surface area contributed by atoms with Gasteiger partial charge >= 0.3 is 0 Å². The first-order chi connectivity index (χ1) is 18.6. The van der Waals surface area contributed by atoms with E-state index in [-0.39, 0.29) is 0 Å². The molecule has 2 unspecified atom stereocenters. The van der Waals surface area contributed by atoms with E-state index in [1.165, 1.54) is 0 Å². The Morgan fingerprint density at radius 2 is 1.74 bits per heavy atom. The van der Waals surface area contributed by atoms with Gasteiger partial charge in [-0.25, -0.2) is 4.98 Å². The Morgan fingerprint density at radius 3 is 2.38 bits per heavy atom. The zero-order chi connectivity index (χ0) is 28.3. The van der Waals surface area contributed by atoms with E-state index in [1.54, 1.807) is 27.5 Å². The molecule has 0 bridgehead atoms. The molecular formula is C31H36BrN3O4. The van der Waals surface area contributed by atoms with E-state index < -0.39 is 11.5 Å². The number of aromatic nitrogens is 2. The molecule has 0 aliphatic heterocycles. The number of hydrogen-bond donors (Lipinski definition) is 1. The van der Waals surface area contributed by atoms with Crippen molar-refractivity contribution in [2.45, 2.75) is 31.8 Å². The molecule has 2 aromatic heterocycles. The SMILES string of the molecule is COc1cccc(C(c2cc3cc(Br)ccc3nc2OC)C(O)(CCN(C)C)c2cnc(C)c(C)c2)c1OC. The largest absolute Gasteiger partial charge is 0.493 e. The molecule has 0 fully saturated rings. The quantitative estimate of drug-likeness (QED) is 0.241. The molecule has 0 saturated carbocycles. The van der Waals surface area contributed by atoms with Crippen molar-refractivity contribution in [3.8, 4) is 17.4 Å². The molecule has 7 nitrogen and oxygen atoms in total. The van der Waals surface area contributed by atoms with Crippen LogP contribution in [0.1, 0.15) is 40.3 Å². The van der Waals surface area contributed by atoms with Crippen molar-refractivity contribution in [1.29, 1.82) is 0 Å². The molecule has 0 aliphatic carbocycles. The number of aliphatic hydroxyl groups is 1. The van der Waals surface area contributed by atoms with Crippen LogP contribution in [0.3, 0.4) is 0 Å². The van der Waals surface area contributed by atoms with E-state index in [2.05, 4.69) is 25.8 Å². The van der Waals surface area contributed by atoms with Gasteiger partial charge in [-0.05, 0) is 76.3 Å². The fourth-order valence-electron chi connectivity index (χ4n) is 5.07. The predicted octanol–water partition coefficient (Wildman–Crippen LogP) is 6.01. The monoisotopic (exact) mass is 593 g/mol. The van der Waals surface area contributed by atoms with Crippen LogP contribution in [0.5, 0.6) is 17.4 Å². The first-order valence-electron chi connectivity index (χ1n) is 12.8. The first-order valence-corrected chi connectivity index (χ1v) is 13.6. The number of pyridine rings is 2. The molecule has 0 saturated heterocycles. The van der Waals surface area contributed by atoms with Gasteiger partial charge in [0.15, 0.2) is 11.5 Å². The van der Waals surface area contributed by atoms with Crippen LogP contribution in [0, 0.1) is 13.8 Å². The van der Waals surface area contributed by atoms with Crippen LogP contribution in [0.15, 0.2) is 59.2 Å². The highest BCUT2D eigenvalue weighted by atomic mass is 79.9. The summed E-state index contributed by atoms with van der Waals surface area (Å²) in [6.45, 7) is 4.60. The van der Waals surface area contributed by atoms with Crippen LogP contribution in [0.4, 0.5) is 0 Å². The van der Waals surface area contributed by atoms with Crippen LogP contribution < -0.4 is 14.2 Å². The number of nitrogens with zero attached hydrogens (tertiary/aromatic N) is 3. The number of rotatable bonds is 10. The normalized spacial score (nSPS) is 13.8. The maximum atomic E-state index is 13.0. The zero-order valence-corrected chi connectivity index (χ0v) is 25.2. The first kappa shape index (κ1) is 28.8. The third-order valence-corrected chi connectivity index (χ3v) is 7.77. The van der Waals surface area contributed by atoms with Crippen LogP contribution >= 0.6 is 15.9 Å². The molecule has 0 amide bonds. The Kier molecular flexibility index (Phi) is 8.79. The second-order valence-corrected chi connectivity index (χ2v) is 11.0. The lowest BCUT2D eigenvalue weighted by atomic mass is 9.71. The highest BCUT2D eigenvalue weighted by molar-refractivity contribution is 9.10. The summed E-state index contributed by atoms with van der Waals surface area (Å²) in [5.74, 6) is 0.905. The van der Waals surface area contributed by atoms with Crippen LogP contribution in [0.25, 0.3) is 10.9 Å². The Hall–Kier alpha value is -3.20. The number of benzene rings is 2. The summed E-state index contributed by atoms with van der Waals surface area (Å²) in [4.78, 5) is 11.6. The van der Waals surface area contributed by atoms with Crippen molar-refractivity contribution >= 4 is 26.8 Å². The van der Waals surface area contributed by atoms with Gasteiger partial charge in [0, 0.05) is 45.0 Å². The number of para-hydroxylation sites is 1. The van der Waals surface area contributed by atoms with Gasteiger partial charge in [-0.3, -0.25) is 4.98 Å². The van der Waals surface area contributed by atoms with Crippen molar-refractivity contribution in [1.82, 2.24) is 14.9 Å². The fourth-order valence-corrected chi connectivity index (χ4v) is 5.45. The molecule has 1 N–H and O–H groups in total. The second kappa shape index (κ2) is 11.9.